The Morgan fingerprint density at radius 2 is 1.95 bits per heavy atom. The molecule has 4 heteroatoms. The summed E-state index contributed by atoms with van der Waals surface area (Å²) < 4.78 is 0. The van der Waals surface area contributed by atoms with Gasteiger partial charge in [-0.15, -0.1) is 0 Å². The number of nitrogen functional groups attached to an aromatic ring is 1. The van der Waals surface area contributed by atoms with Crippen LogP contribution in [0, 0.1) is 0 Å². The maximum absolute atomic E-state index is 11.5. The molecule has 21 heavy (non-hydrogen) atoms. The molecule has 4 N–H and O–H groups in total. The van der Waals surface area contributed by atoms with E-state index in [0.29, 0.717) is 12.1 Å². The normalized spacial score (nSPS) is 15.0. The standard InChI is InChI=1S/C17H19N3O/c1-11(12-5-3-2-4-6-12)19-16-10-15-13(9-14(16)18)7-8-17(21)20-15/h2-6,9-11,19H,7-8,18H2,1H3,(H,20,21). The molecule has 1 unspecified atom stereocenters. The van der Waals surface area contributed by atoms with Crippen LogP contribution in [0.25, 0.3) is 0 Å². The number of benzene rings is 2. The van der Waals surface area contributed by atoms with Crippen molar-refractivity contribution in [3.63, 3.8) is 0 Å². The summed E-state index contributed by atoms with van der Waals surface area (Å²) in [6.45, 7) is 2.09. The van der Waals surface area contributed by atoms with E-state index in [4.69, 9.17) is 5.73 Å². The minimum Gasteiger partial charge on any atom is -0.397 e. The molecular weight excluding hydrogens is 262 g/mol. The molecule has 0 radical (unpaired) electrons. The van der Waals surface area contributed by atoms with Gasteiger partial charge in [0.1, 0.15) is 0 Å². The predicted octanol–water partition coefficient (Wildman–Crippen LogP) is 3.33. The van der Waals surface area contributed by atoms with Crippen molar-refractivity contribution in [2.24, 2.45) is 0 Å². The van der Waals surface area contributed by atoms with E-state index in [-0.39, 0.29) is 11.9 Å². The van der Waals surface area contributed by atoms with Gasteiger partial charge in [-0.05, 0) is 36.6 Å². The molecule has 1 aliphatic rings. The first-order chi connectivity index (χ1) is 10.1. The lowest BCUT2D eigenvalue weighted by molar-refractivity contribution is -0.116. The van der Waals surface area contributed by atoms with Gasteiger partial charge in [0.05, 0.1) is 11.4 Å². The Labute approximate surface area is 124 Å². The number of rotatable bonds is 3. The van der Waals surface area contributed by atoms with Gasteiger partial charge in [0, 0.05) is 18.2 Å². The molecule has 0 spiro atoms. The minimum absolute atomic E-state index is 0.0642. The van der Waals surface area contributed by atoms with Crippen LogP contribution in [0.3, 0.4) is 0 Å². The van der Waals surface area contributed by atoms with E-state index in [1.165, 1.54) is 5.56 Å². The van der Waals surface area contributed by atoms with Gasteiger partial charge < -0.3 is 16.4 Å². The van der Waals surface area contributed by atoms with Gasteiger partial charge in [-0.1, -0.05) is 30.3 Å². The van der Waals surface area contributed by atoms with Gasteiger partial charge in [-0.25, -0.2) is 0 Å². The molecule has 0 saturated carbocycles. The first kappa shape index (κ1) is 13.5. The van der Waals surface area contributed by atoms with E-state index in [2.05, 4.69) is 29.7 Å². The van der Waals surface area contributed by atoms with Crippen molar-refractivity contribution in [3.05, 3.63) is 53.6 Å². The van der Waals surface area contributed by atoms with Crippen LogP contribution in [-0.2, 0) is 11.2 Å². The predicted molar refractivity (Wildman–Crippen MR) is 86.3 cm³/mol. The summed E-state index contributed by atoms with van der Waals surface area (Å²) in [5.74, 6) is 0.0642. The minimum atomic E-state index is 0.0642. The number of carbonyl (C=O) groups is 1. The molecule has 2 aromatic rings. The summed E-state index contributed by atoms with van der Waals surface area (Å²) in [4.78, 5) is 11.5. The van der Waals surface area contributed by atoms with Crippen molar-refractivity contribution in [1.82, 2.24) is 0 Å². The first-order valence-corrected chi connectivity index (χ1v) is 7.17. The number of nitrogens with one attached hydrogen (secondary N) is 2. The smallest absolute Gasteiger partial charge is 0.224 e. The van der Waals surface area contributed by atoms with Crippen LogP contribution in [0.2, 0.25) is 0 Å². The fourth-order valence-corrected chi connectivity index (χ4v) is 2.63. The summed E-state index contributed by atoms with van der Waals surface area (Å²) in [5.41, 5.74) is 10.9. The average molecular weight is 281 g/mol. The lowest BCUT2D eigenvalue weighted by Crippen LogP contribution is -2.19. The van der Waals surface area contributed by atoms with Crippen LogP contribution in [0.4, 0.5) is 17.1 Å². The number of amides is 1. The Balaban J connectivity index is 1.86. The number of carbonyl (C=O) groups excluding carboxylic acids is 1. The number of aryl methyl sites for hydroxylation is 1. The third kappa shape index (κ3) is 2.84. The zero-order valence-corrected chi connectivity index (χ0v) is 12.0. The molecule has 108 valence electrons. The van der Waals surface area contributed by atoms with Crippen molar-refractivity contribution >= 4 is 23.0 Å². The molecule has 0 bridgehead atoms. The highest BCUT2D eigenvalue weighted by Crippen LogP contribution is 2.32. The third-order valence-corrected chi connectivity index (χ3v) is 3.84. The molecule has 1 atom stereocenters. The lowest BCUT2D eigenvalue weighted by atomic mass is 10.0. The molecule has 0 fully saturated rings. The van der Waals surface area contributed by atoms with Gasteiger partial charge >= 0.3 is 0 Å². The number of hydrogen-bond donors (Lipinski definition) is 3. The number of anilines is 3. The maximum Gasteiger partial charge on any atom is 0.224 e. The number of hydrogen-bond acceptors (Lipinski definition) is 3. The highest BCUT2D eigenvalue weighted by Gasteiger charge is 2.17. The van der Waals surface area contributed by atoms with E-state index < -0.39 is 0 Å². The molecule has 4 nitrogen and oxygen atoms in total. The van der Waals surface area contributed by atoms with Crippen LogP contribution in [0.1, 0.15) is 30.5 Å². The van der Waals surface area contributed by atoms with Gasteiger partial charge in [0.25, 0.3) is 0 Å². The molecule has 0 aliphatic carbocycles. The van der Waals surface area contributed by atoms with Crippen LogP contribution in [0.5, 0.6) is 0 Å². The van der Waals surface area contributed by atoms with Crippen LogP contribution in [0.15, 0.2) is 42.5 Å². The summed E-state index contributed by atoms with van der Waals surface area (Å²) in [5, 5.41) is 6.32. The summed E-state index contributed by atoms with van der Waals surface area (Å²) >= 11 is 0. The van der Waals surface area contributed by atoms with Crippen molar-refractivity contribution in [1.29, 1.82) is 0 Å². The molecular formula is C17H19N3O. The number of fused-ring (bicyclic) bond motifs is 1. The number of nitrogens with two attached hydrogens (primary N) is 1. The molecule has 3 rings (SSSR count). The maximum atomic E-state index is 11.5. The van der Waals surface area contributed by atoms with E-state index in [1.54, 1.807) is 0 Å². The molecule has 1 heterocycles. The topological polar surface area (TPSA) is 67.1 Å². The van der Waals surface area contributed by atoms with Gasteiger partial charge in [0.2, 0.25) is 5.91 Å². The van der Waals surface area contributed by atoms with Crippen molar-refractivity contribution in [3.8, 4) is 0 Å². The van der Waals surface area contributed by atoms with Crippen LogP contribution < -0.4 is 16.4 Å². The zero-order valence-electron chi connectivity index (χ0n) is 12.0. The summed E-state index contributed by atoms with van der Waals surface area (Å²) in [7, 11) is 0. The fraction of sp³-hybridized carbons (Fsp3) is 0.235. The fourth-order valence-electron chi connectivity index (χ4n) is 2.63. The Kier molecular flexibility index (Phi) is 3.52. The monoisotopic (exact) mass is 281 g/mol. The van der Waals surface area contributed by atoms with E-state index in [0.717, 1.165) is 23.4 Å². The van der Waals surface area contributed by atoms with Crippen LogP contribution >= 0.6 is 0 Å². The Morgan fingerprint density at radius 3 is 2.71 bits per heavy atom. The second-order valence-electron chi connectivity index (χ2n) is 5.42. The van der Waals surface area contributed by atoms with Crippen molar-refractivity contribution in [2.75, 3.05) is 16.4 Å². The highest BCUT2D eigenvalue weighted by atomic mass is 16.1. The Bertz CT molecular complexity index is 667. The van der Waals surface area contributed by atoms with Crippen LogP contribution in [-0.4, -0.2) is 5.91 Å². The van der Waals surface area contributed by atoms with E-state index in [9.17, 15) is 4.79 Å². The Morgan fingerprint density at radius 1 is 1.19 bits per heavy atom. The van der Waals surface area contributed by atoms with Gasteiger partial charge in [-0.3, -0.25) is 4.79 Å². The quantitative estimate of drug-likeness (QED) is 0.756. The van der Waals surface area contributed by atoms with Crippen molar-refractivity contribution in [2.45, 2.75) is 25.8 Å². The second-order valence-corrected chi connectivity index (χ2v) is 5.42. The zero-order chi connectivity index (χ0) is 14.8. The molecule has 2 aromatic carbocycles. The highest BCUT2D eigenvalue weighted by molar-refractivity contribution is 5.95. The SMILES string of the molecule is CC(Nc1cc2c(cc1N)CCC(=O)N2)c1ccccc1. The van der Waals surface area contributed by atoms with Gasteiger partial charge in [0.15, 0.2) is 0 Å². The van der Waals surface area contributed by atoms with Crippen molar-refractivity contribution < 1.29 is 4.79 Å². The molecule has 0 aromatic heterocycles. The lowest BCUT2D eigenvalue weighted by Gasteiger charge is -2.22. The third-order valence-electron chi connectivity index (χ3n) is 3.84. The largest absolute Gasteiger partial charge is 0.397 e. The van der Waals surface area contributed by atoms with E-state index >= 15 is 0 Å². The van der Waals surface area contributed by atoms with Gasteiger partial charge in [-0.2, -0.15) is 0 Å². The average Bonchev–Trinajstić information content (AvgIpc) is 2.49. The summed E-state index contributed by atoms with van der Waals surface area (Å²) in [6.07, 6.45) is 1.28. The molecule has 0 saturated heterocycles. The second kappa shape index (κ2) is 5.48. The van der Waals surface area contributed by atoms with E-state index in [1.807, 2.05) is 30.3 Å². The molecule has 1 amide bonds. The molecule has 1 aliphatic heterocycles. The first-order valence-electron chi connectivity index (χ1n) is 7.17. The Hall–Kier alpha value is -2.49. The summed E-state index contributed by atoms with van der Waals surface area (Å²) in [6, 6.07) is 14.2.